The van der Waals surface area contributed by atoms with Crippen molar-refractivity contribution in [3.63, 3.8) is 0 Å². The van der Waals surface area contributed by atoms with Crippen LogP contribution in [0.25, 0.3) is 0 Å². The van der Waals surface area contributed by atoms with Gasteiger partial charge in [0.25, 0.3) is 5.91 Å². The molecule has 0 atom stereocenters. The van der Waals surface area contributed by atoms with Gasteiger partial charge in [0, 0.05) is 5.69 Å². The maximum atomic E-state index is 12.7. The molecule has 0 saturated heterocycles. The fraction of sp³-hybridized carbons (Fsp3) is 0.188. The van der Waals surface area contributed by atoms with E-state index in [2.05, 4.69) is 5.32 Å². The van der Waals surface area contributed by atoms with Gasteiger partial charge in [0.05, 0.1) is 6.61 Å². The molecule has 5 heteroatoms. The zero-order chi connectivity index (χ0) is 15.2. The van der Waals surface area contributed by atoms with E-state index < -0.39 is 0 Å². The third-order valence-corrected chi connectivity index (χ3v) is 2.94. The van der Waals surface area contributed by atoms with Gasteiger partial charge in [0.1, 0.15) is 11.6 Å². The quantitative estimate of drug-likeness (QED) is 0.889. The van der Waals surface area contributed by atoms with E-state index >= 15 is 0 Å². The van der Waals surface area contributed by atoms with Crippen LogP contribution in [-0.4, -0.2) is 17.6 Å². The molecule has 0 aliphatic rings. The summed E-state index contributed by atoms with van der Waals surface area (Å²) in [5.41, 5.74) is 2.24. The average molecular weight is 289 g/mol. The predicted molar refractivity (Wildman–Crippen MR) is 77.6 cm³/mol. The normalized spacial score (nSPS) is 10.2. The van der Waals surface area contributed by atoms with Gasteiger partial charge < -0.3 is 15.2 Å². The number of aliphatic hydroxyl groups excluding tert-OH is 1. The first kappa shape index (κ1) is 15.0. The van der Waals surface area contributed by atoms with Gasteiger partial charge in [-0.15, -0.1) is 0 Å². The van der Waals surface area contributed by atoms with Crippen LogP contribution >= 0.6 is 0 Å². The van der Waals surface area contributed by atoms with Gasteiger partial charge in [-0.2, -0.15) is 0 Å². The van der Waals surface area contributed by atoms with E-state index in [0.717, 1.165) is 11.1 Å². The minimum absolute atomic E-state index is 0.0881. The molecule has 2 aromatic rings. The van der Waals surface area contributed by atoms with Gasteiger partial charge in [-0.05, 0) is 48.4 Å². The molecule has 0 heterocycles. The average Bonchev–Trinajstić information content (AvgIpc) is 2.49. The molecule has 2 rings (SSSR count). The third-order valence-electron chi connectivity index (χ3n) is 2.94. The molecule has 0 bridgehead atoms. The summed E-state index contributed by atoms with van der Waals surface area (Å²) in [6.07, 6.45) is 0. The van der Waals surface area contributed by atoms with Crippen molar-refractivity contribution in [1.82, 2.24) is 0 Å². The Balaban J connectivity index is 1.94. The SMILES string of the molecule is Cc1ccc(CO)cc1NC(=O)COc1ccc(F)cc1. The van der Waals surface area contributed by atoms with Crippen LogP contribution in [0.3, 0.4) is 0 Å². The first-order chi connectivity index (χ1) is 10.1. The first-order valence-corrected chi connectivity index (χ1v) is 6.47. The van der Waals surface area contributed by atoms with E-state index in [0.29, 0.717) is 11.4 Å². The van der Waals surface area contributed by atoms with Crippen LogP contribution in [0.4, 0.5) is 10.1 Å². The number of carbonyl (C=O) groups is 1. The van der Waals surface area contributed by atoms with Gasteiger partial charge in [0.2, 0.25) is 0 Å². The van der Waals surface area contributed by atoms with E-state index in [1.54, 1.807) is 12.1 Å². The number of aryl methyl sites for hydroxylation is 1. The third kappa shape index (κ3) is 4.29. The number of amides is 1. The lowest BCUT2D eigenvalue weighted by atomic mass is 10.1. The molecule has 0 aromatic heterocycles. The second-order valence-corrected chi connectivity index (χ2v) is 4.60. The zero-order valence-electron chi connectivity index (χ0n) is 11.6. The summed E-state index contributed by atoms with van der Waals surface area (Å²) in [6.45, 7) is 1.60. The number of hydrogen-bond donors (Lipinski definition) is 2. The molecule has 0 aliphatic carbocycles. The minimum Gasteiger partial charge on any atom is -0.484 e. The summed E-state index contributed by atoms with van der Waals surface area (Å²) in [5.74, 6) is -0.256. The highest BCUT2D eigenvalue weighted by molar-refractivity contribution is 5.92. The fourth-order valence-electron chi connectivity index (χ4n) is 1.77. The molecule has 0 fully saturated rings. The molecule has 0 aliphatic heterocycles. The van der Waals surface area contributed by atoms with Crippen molar-refractivity contribution < 1.29 is 19.0 Å². The Kier molecular flexibility index (Phi) is 4.90. The van der Waals surface area contributed by atoms with Gasteiger partial charge in [-0.25, -0.2) is 4.39 Å². The van der Waals surface area contributed by atoms with E-state index in [1.807, 2.05) is 13.0 Å². The van der Waals surface area contributed by atoms with Crippen LogP contribution in [0.1, 0.15) is 11.1 Å². The van der Waals surface area contributed by atoms with Crippen LogP contribution in [-0.2, 0) is 11.4 Å². The molecular weight excluding hydrogens is 273 g/mol. The van der Waals surface area contributed by atoms with Crippen molar-refractivity contribution in [3.8, 4) is 5.75 Å². The summed E-state index contributed by atoms with van der Waals surface area (Å²) in [6, 6.07) is 10.8. The lowest BCUT2D eigenvalue weighted by molar-refractivity contribution is -0.118. The lowest BCUT2D eigenvalue weighted by Crippen LogP contribution is -2.20. The van der Waals surface area contributed by atoms with Gasteiger partial charge >= 0.3 is 0 Å². The van der Waals surface area contributed by atoms with E-state index in [1.165, 1.54) is 24.3 Å². The van der Waals surface area contributed by atoms with E-state index in [-0.39, 0.29) is 24.9 Å². The van der Waals surface area contributed by atoms with Crippen LogP contribution in [0.15, 0.2) is 42.5 Å². The number of anilines is 1. The fourth-order valence-corrected chi connectivity index (χ4v) is 1.77. The Morgan fingerprint density at radius 3 is 2.62 bits per heavy atom. The number of hydrogen-bond acceptors (Lipinski definition) is 3. The van der Waals surface area contributed by atoms with E-state index in [9.17, 15) is 9.18 Å². The second-order valence-electron chi connectivity index (χ2n) is 4.60. The second kappa shape index (κ2) is 6.85. The topological polar surface area (TPSA) is 58.6 Å². The highest BCUT2D eigenvalue weighted by Crippen LogP contribution is 2.17. The smallest absolute Gasteiger partial charge is 0.262 e. The number of aliphatic hydroxyl groups is 1. The Morgan fingerprint density at radius 1 is 1.24 bits per heavy atom. The van der Waals surface area contributed by atoms with Crippen LogP contribution in [0, 0.1) is 12.7 Å². The Hall–Kier alpha value is -2.40. The Bertz CT molecular complexity index is 626. The maximum absolute atomic E-state index is 12.7. The highest BCUT2D eigenvalue weighted by Gasteiger charge is 2.07. The zero-order valence-corrected chi connectivity index (χ0v) is 11.6. The number of benzene rings is 2. The molecule has 4 nitrogen and oxygen atoms in total. The molecule has 2 aromatic carbocycles. The van der Waals surface area contributed by atoms with Crippen molar-refractivity contribution in [2.75, 3.05) is 11.9 Å². The molecule has 2 N–H and O–H groups in total. The Morgan fingerprint density at radius 2 is 1.95 bits per heavy atom. The highest BCUT2D eigenvalue weighted by atomic mass is 19.1. The lowest BCUT2D eigenvalue weighted by Gasteiger charge is -2.10. The molecule has 0 radical (unpaired) electrons. The van der Waals surface area contributed by atoms with Crippen molar-refractivity contribution in [3.05, 3.63) is 59.4 Å². The molecule has 0 unspecified atom stereocenters. The first-order valence-electron chi connectivity index (χ1n) is 6.47. The maximum Gasteiger partial charge on any atom is 0.262 e. The summed E-state index contributed by atoms with van der Waals surface area (Å²) in [7, 11) is 0. The van der Waals surface area contributed by atoms with Gasteiger partial charge in [0.15, 0.2) is 6.61 Å². The largest absolute Gasteiger partial charge is 0.484 e. The minimum atomic E-state index is -0.358. The van der Waals surface area contributed by atoms with Crippen molar-refractivity contribution in [2.45, 2.75) is 13.5 Å². The van der Waals surface area contributed by atoms with Crippen molar-refractivity contribution >= 4 is 11.6 Å². The standard InChI is InChI=1S/C16H16FNO3/c1-11-2-3-12(9-19)8-15(11)18-16(20)10-21-14-6-4-13(17)5-7-14/h2-8,19H,9-10H2,1H3,(H,18,20). The van der Waals surface area contributed by atoms with E-state index in [4.69, 9.17) is 9.84 Å². The molecule has 0 spiro atoms. The molecular formula is C16H16FNO3. The number of ether oxygens (including phenoxy) is 1. The van der Waals surface area contributed by atoms with Crippen LogP contribution in [0.5, 0.6) is 5.75 Å². The predicted octanol–water partition coefficient (Wildman–Crippen LogP) is 2.64. The molecule has 1 amide bonds. The number of halogens is 1. The Labute approximate surface area is 122 Å². The number of carbonyl (C=O) groups excluding carboxylic acids is 1. The van der Waals surface area contributed by atoms with Gasteiger partial charge in [-0.1, -0.05) is 12.1 Å². The summed E-state index contributed by atoms with van der Waals surface area (Å²) in [5, 5.41) is 11.8. The number of rotatable bonds is 5. The number of nitrogens with one attached hydrogen (secondary N) is 1. The molecule has 0 saturated carbocycles. The van der Waals surface area contributed by atoms with Crippen molar-refractivity contribution in [1.29, 1.82) is 0 Å². The van der Waals surface area contributed by atoms with Crippen molar-refractivity contribution in [2.24, 2.45) is 0 Å². The summed E-state index contributed by atoms with van der Waals surface area (Å²) >= 11 is 0. The van der Waals surface area contributed by atoms with Gasteiger partial charge in [-0.3, -0.25) is 4.79 Å². The monoisotopic (exact) mass is 289 g/mol. The summed E-state index contributed by atoms with van der Waals surface area (Å²) < 4.78 is 18.0. The summed E-state index contributed by atoms with van der Waals surface area (Å²) in [4.78, 5) is 11.8. The molecule has 21 heavy (non-hydrogen) atoms. The molecule has 110 valence electrons. The van der Waals surface area contributed by atoms with Crippen LogP contribution in [0.2, 0.25) is 0 Å². The van der Waals surface area contributed by atoms with Crippen LogP contribution < -0.4 is 10.1 Å².